The number of aromatic nitrogens is 5. The van der Waals surface area contributed by atoms with Gasteiger partial charge in [0.25, 0.3) is 0 Å². The molecule has 1 saturated heterocycles. The van der Waals surface area contributed by atoms with Crippen molar-refractivity contribution in [3.63, 3.8) is 0 Å². The third-order valence-electron chi connectivity index (χ3n) is 7.43. The molecule has 0 aromatic carbocycles. The van der Waals surface area contributed by atoms with Gasteiger partial charge in [-0.1, -0.05) is 25.5 Å². The normalized spacial score (nSPS) is 16.6. The maximum absolute atomic E-state index is 4.86. The van der Waals surface area contributed by atoms with E-state index in [1.165, 1.54) is 24.8 Å². The summed E-state index contributed by atoms with van der Waals surface area (Å²) in [5.41, 5.74) is 2.10. The number of nitrogens with zero attached hydrogens (tertiary/aromatic N) is 5. The molecular weight excluding hydrogens is 478 g/mol. The van der Waals surface area contributed by atoms with E-state index in [0.717, 1.165) is 102 Å². The van der Waals surface area contributed by atoms with Crippen molar-refractivity contribution in [2.45, 2.75) is 96.8 Å². The van der Waals surface area contributed by atoms with Gasteiger partial charge in [-0.15, -0.1) is 5.10 Å². The van der Waals surface area contributed by atoms with Gasteiger partial charge in [0.15, 0.2) is 0 Å². The van der Waals surface area contributed by atoms with Gasteiger partial charge in [0.2, 0.25) is 5.95 Å². The lowest BCUT2D eigenvalue weighted by molar-refractivity contribution is 0.451. The maximum atomic E-state index is 4.86. The summed E-state index contributed by atoms with van der Waals surface area (Å²) in [6.45, 7) is 12.1. The van der Waals surface area contributed by atoms with Crippen molar-refractivity contribution in [2.75, 3.05) is 55.2 Å². The van der Waals surface area contributed by atoms with E-state index in [1.54, 1.807) is 0 Å². The summed E-state index contributed by atoms with van der Waals surface area (Å²) in [5, 5.41) is 29.8. The zero-order valence-electron chi connectivity index (χ0n) is 23.5. The van der Waals surface area contributed by atoms with Gasteiger partial charge in [-0.25, -0.2) is 0 Å². The summed E-state index contributed by atoms with van der Waals surface area (Å²) < 4.78 is 1.93. The zero-order chi connectivity index (χ0) is 26.4. The Bertz CT molecular complexity index is 941. The molecule has 0 spiro atoms. The Morgan fingerprint density at radius 1 is 1.08 bits per heavy atom. The van der Waals surface area contributed by atoms with E-state index in [9.17, 15) is 0 Å². The Balaban J connectivity index is 1.17. The second kappa shape index (κ2) is 15.8. The Hall–Kier alpha value is -2.50. The number of rotatable bonds is 17. The molecule has 0 aliphatic carbocycles. The SMILES string of the molecule is CCCC(CC)NCCCNCCCn1cc(CNc2nc3c(c(NC4CCNCC4)n2)CCCN3)nn1. The standard InChI is InChI=1S/C27H49N11/c1-3-8-21(4-2)30-15-6-12-28-13-7-18-38-20-23(36-37-38)19-32-27-34-25-24(9-5-14-31-25)26(35-27)33-22-10-16-29-17-11-22/h20-22,28-30H,3-19H2,1-2H3,(H3,31,32,33,34,35). The molecule has 38 heavy (non-hydrogen) atoms. The highest BCUT2D eigenvalue weighted by atomic mass is 15.4. The average molecular weight is 528 g/mol. The largest absolute Gasteiger partial charge is 0.370 e. The first-order valence-electron chi connectivity index (χ1n) is 14.9. The van der Waals surface area contributed by atoms with E-state index in [1.807, 2.05) is 10.9 Å². The monoisotopic (exact) mass is 527 g/mol. The minimum atomic E-state index is 0.454. The Kier molecular flexibility index (Phi) is 11.9. The molecule has 1 unspecified atom stereocenters. The fourth-order valence-corrected chi connectivity index (χ4v) is 5.20. The molecule has 2 aromatic heterocycles. The van der Waals surface area contributed by atoms with Gasteiger partial charge in [-0.05, 0) is 84.1 Å². The molecule has 0 amide bonds. The van der Waals surface area contributed by atoms with Gasteiger partial charge in [-0.3, -0.25) is 4.68 Å². The summed E-state index contributed by atoms with van der Waals surface area (Å²) in [7, 11) is 0. The third kappa shape index (κ3) is 9.06. The summed E-state index contributed by atoms with van der Waals surface area (Å²) in [6.07, 6.45) is 12.3. The molecule has 0 bridgehead atoms. The van der Waals surface area contributed by atoms with Crippen molar-refractivity contribution in [1.29, 1.82) is 0 Å². The van der Waals surface area contributed by atoms with Gasteiger partial charge in [0.1, 0.15) is 17.3 Å². The van der Waals surface area contributed by atoms with Crippen molar-refractivity contribution in [1.82, 2.24) is 40.9 Å². The molecule has 6 N–H and O–H groups in total. The van der Waals surface area contributed by atoms with E-state index in [-0.39, 0.29) is 0 Å². The van der Waals surface area contributed by atoms with Crippen molar-refractivity contribution in [2.24, 2.45) is 0 Å². The van der Waals surface area contributed by atoms with Crippen molar-refractivity contribution >= 4 is 17.6 Å². The fraction of sp³-hybridized carbons (Fsp3) is 0.778. The number of hydrogen-bond acceptors (Lipinski definition) is 10. The number of nitrogens with one attached hydrogen (secondary N) is 6. The van der Waals surface area contributed by atoms with Crippen LogP contribution in [-0.4, -0.2) is 76.3 Å². The number of piperidine rings is 1. The van der Waals surface area contributed by atoms with Crippen LogP contribution in [0.4, 0.5) is 17.6 Å². The highest BCUT2D eigenvalue weighted by Gasteiger charge is 2.21. The van der Waals surface area contributed by atoms with Crippen molar-refractivity contribution < 1.29 is 0 Å². The zero-order valence-corrected chi connectivity index (χ0v) is 23.5. The highest BCUT2D eigenvalue weighted by molar-refractivity contribution is 5.62. The topological polar surface area (TPSA) is 129 Å². The van der Waals surface area contributed by atoms with Gasteiger partial charge >= 0.3 is 0 Å². The second-order valence-corrected chi connectivity index (χ2v) is 10.6. The van der Waals surface area contributed by atoms with Gasteiger partial charge < -0.3 is 31.9 Å². The van der Waals surface area contributed by atoms with E-state index in [4.69, 9.17) is 9.97 Å². The Morgan fingerprint density at radius 3 is 2.79 bits per heavy atom. The highest BCUT2D eigenvalue weighted by Crippen LogP contribution is 2.29. The quantitative estimate of drug-likeness (QED) is 0.171. The first kappa shape index (κ1) is 28.5. The van der Waals surface area contributed by atoms with E-state index >= 15 is 0 Å². The predicted octanol–water partition coefficient (Wildman–Crippen LogP) is 2.74. The van der Waals surface area contributed by atoms with Crippen LogP contribution in [0, 0.1) is 0 Å². The molecule has 1 atom stereocenters. The molecular formula is C27H49N11. The first-order chi connectivity index (χ1) is 18.7. The van der Waals surface area contributed by atoms with Crippen LogP contribution < -0.4 is 31.9 Å². The van der Waals surface area contributed by atoms with E-state index < -0.39 is 0 Å². The molecule has 4 rings (SSSR count). The number of aryl methyl sites for hydroxylation is 1. The second-order valence-electron chi connectivity index (χ2n) is 10.6. The molecule has 1 fully saturated rings. The molecule has 2 aromatic rings. The minimum Gasteiger partial charge on any atom is -0.370 e. The summed E-state index contributed by atoms with van der Waals surface area (Å²) in [4.78, 5) is 9.61. The lowest BCUT2D eigenvalue weighted by atomic mass is 10.0. The molecule has 11 heteroatoms. The van der Waals surface area contributed by atoms with Gasteiger partial charge in [0.05, 0.1) is 12.7 Å². The van der Waals surface area contributed by atoms with Crippen molar-refractivity contribution in [3.05, 3.63) is 17.5 Å². The molecule has 4 heterocycles. The molecule has 0 saturated carbocycles. The minimum absolute atomic E-state index is 0.454. The van der Waals surface area contributed by atoms with Crippen LogP contribution in [-0.2, 0) is 19.5 Å². The maximum Gasteiger partial charge on any atom is 0.226 e. The summed E-state index contributed by atoms with van der Waals surface area (Å²) in [5.74, 6) is 2.54. The third-order valence-corrected chi connectivity index (χ3v) is 7.43. The van der Waals surface area contributed by atoms with Gasteiger partial charge in [-0.2, -0.15) is 9.97 Å². The lowest BCUT2D eigenvalue weighted by Crippen LogP contribution is -2.36. The first-order valence-corrected chi connectivity index (χ1v) is 14.9. The predicted molar refractivity (Wildman–Crippen MR) is 155 cm³/mol. The molecule has 2 aliphatic rings. The smallest absolute Gasteiger partial charge is 0.226 e. The molecule has 2 aliphatic heterocycles. The molecule has 0 radical (unpaired) electrons. The van der Waals surface area contributed by atoms with Crippen LogP contribution in [0.15, 0.2) is 6.20 Å². The number of anilines is 3. The van der Waals surface area contributed by atoms with Crippen LogP contribution in [0.5, 0.6) is 0 Å². The number of fused-ring (bicyclic) bond motifs is 1. The lowest BCUT2D eigenvalue weighted by Gasteiger charge is -2.27. The Morgan fingerprint density at radius 2 is 1.95 bits per heavy atom. The summed E-state index contributed by atoms with van der Waals surface area (Å²) in [6, 6.07) is 1.12. The number of hydrogen-bond donors (Lipinski definition) is 6. The van der Waals surface area contributed by atoms with Crippen molar-refractivity contribution in [3.8, 4) is 0 Å². The van der Waals surface area contributed by atoms with E-state index in [0.29, 0.717) is 24.6 Å². The van der Waals surface area contributed by atoms with E-state index in [2.05, 4.69) is 56.1 Å². The van der Waals surface area contributed by atoms with Crippen LogP contribution in [0.25, 0.3) is 0 Å². The van der Waals surface area contributed by atoms with Crippen LogP contribution in [0.3, 0.4) is 0 Å². The van der Waals surface area contributed by atoms with Crippen LogP contribution in [0.1, 0.15) is 76.5 Å². The fourth-order valence-electron chi connectivity index (χ4n) is 5.20. The van der Waals surface area contributed by atoms with Crippen LogP contribution >= 0.6 is 0 Å². The van der Waals surface area contributed by atoms with Crippen LogP contribution in [0.2, 0.25) is 0 Å². The molecule has 11 nitrogen and oxygen atoms in total. The Labute approximate surface area is 228 Å². The summed E-state index contributed by atoms with van der Waals surface area (Å²) >= 11 is 0. The van der Waals surface area contributed by atoms with Gasteiger partial charge in [0, 0.05) is 30.7 Å². The average Bonchev–Trinajstić information content (AvgIpc) is 3.41. The molecule has 212 valence electrons.